The summed E-state index contributed by atoms with van der Waals surface area (Å²) in [5.41, 5.74) is 3.48. The molecule has 0 amide bonds. The summed E-state index contributed by atoms with van der Waals surface area (Å²) < 4.78 is 0. The molecule has 0 aliphatic carbocycles. The molecule has 0 unspecified atom stereocenters. The third-order valence-electron chi connectivity index (χ3n) is 3.30. The van der Waals surface area contributed by atoms with Gasteiger partial charge in [0.05, 0.1) is 5.69 Å². The number of thiazole rings is 1. The normalized spacial score (nSPS) is 10.7. The number of aliphatic carboxylic acids is 1. The molecule has 0 aliphatic rings. The van der Waals surface area contributed by atoms with Gasteiger partial charge < -0.3 is 5.11 Å². The van der Waals surface area contributed by atoms with Crippen LogP contribution in [0.4, 0.5) is 0 Å². The fourth-order valence-electron chi connectivity index (χ4n) is 2.07. The van der Waals surface area contributed by atoms with Gasteiger partial charge in [-0.3, -0.25) is 4.79 Å². The molecule has 2 rings (SSSR count). The van der Waals surface area contributed by atoms with Crippen molar-refractivity contribution in [3.63, 3.8) is 0 Å². The average Bonchev–Trinajstić information content (AvgIpc) is 2.80. The fourth-order valence-corrected chi connectivity index (χ4v) is 3.18. The van der Waals surface area contributed by atoms with Gasteiger partial charge in [-0.2, -0.15) is 0 Å². The van der Waals surface area contributed by atoms with E-state index in [-0.39, 0.29) is 6.42 Å². The highest BCUT2D eigenvalue weighted by Crippen LogP contribution is 2.29. The van der Waals surface area contributed by atoms with E-state index in [1.54, 1.807) is 11.3 Å². The van der Waals surface area contributed by atoms with E-state index in [4.69, 9.17) is 5.11 Å². The van der Waals surface area contributed by atoms with Gasteiger partial charge in [0, 0.05) is 16.9 Å². The molecule has 2 aromatic rings. The lowest BCUT2D eigenvalue weighted by molar-refractivity contribution is -0.137. The first-order valence-electron chi connectivity index (χ1n) is 6.87. The molecule has 106 valence electrons. The molecular formula is C16H19NO2S. The van der Waals surface area contributed by atoms with E-state index in [9.17, 15) is 4.79 Å². The Hall–Kier alpha value is -1.68. The van der Waals surface area contributed by atoms with Crippen LogP contribution in [0.1, 0.15) is 35.9 Å². The Balaban J connectivity index is 2.11. The van der Waals surface area contributed by atoms with Crippen molar-refractivity contribution in [1.29, 1.82) is 0 Å². The summed E-state index contributed by atoms with van der Waals surface area (Å²) >= 11 is 1.67. The first kappa shape index (κ1) is 14.7. The molecule has 0 atom stereocenters. The van der Waals surface area contributed by atoms with Gasteiger partial charge in [0.15, 0.2) is 0 Å². The average molecular weight is 289 g/mol. The lowest BCUT2D eigenvalue weighted by atomic mass is 10.1. The number of aromatic nitrogens is 1. The molecule has 1 aromatic heterocycles. The Bertz CT molecular complexity index is 587. The second-order valence-corrected chi connectivity index (χ2v) is 5.91. The molecule has 4 heteroatoms. The number of nitrogens with zero attached hydrogens (tertiary/aromatic N) is 1. The minimum absolute atomic E-state index is 0.220. The smallest absolute Gasteiger partial charge is 0.303 e. The summed E-state index contributed by atoms with van der Waals surface area (Å²) in [6.07, 6.45) is 2.73. The van der Waals surface area contributed by atoms with Crippen LogP contribution in [0.15, 0.2) is 24.3 Å². The van der Waals surface area contributed by atoms with Gasteiger partial charge in [0.1, 0.15) is 5.01 Å². The molecule has 0 radical (unpaired) electrons. The Kier molecular flexibility index (Phi) is 4.90. The largest absolute Gasteiger partial charge is 0.481 e. The van der Waals surface area contributed by atoms with Crippen LogP contribution in [0.5, 0.6) is 0 Å². The van der Waals surface area contributed by atoms with Crippen molar-refractivity contribution in [1.82, 2.24) is 4.98 Å². The highest BCUT2D eigenvalue weighted by Gasteiger charge is 2.10. The quantitative estimate of drug-likeness (QED) is 0.871. The van der Waals surface area contributed by atoms with Crippen molar-refractivity contribution in [2.45, 2.75) is 39.5 Å². The number of hydrogen-bond acceptors (Lipinski definition) is 3. The number of rotatable bonds is 6. The van der Waals surface area contributed by atoms with Crippen LogP contribution in [0.25, 0.3) is 10.6 Å². The van der Waals surface area contributed by atoms with E-state index in [0.29, 0.717) is 6.42 Å². The maximum atomic E-state index is 10.5. The highest BCUT2D eigenvalue weighted by atomic mass is 32.1. The summed E-state index contributed by atoms with van der Waals surface area (Å²) in [5.74, 6) is -0.734. The van der Waals surface area contributed by atoms with Gasteiger partial charge in [-0.05, 0) is 31.7 Å². The van der Waals surface area contributed by atoms with E-state index in [2.05, 4.69) is 36.2 Å². The summed E-state index contributed by atoms with van der Waals surface area (Å²) in [6, 6.07) is 8.49. The fraction of sp³-hybridized carbons (Fsp3) is 0.375. The molecule has 0 aliphatic heterocycles. The zero-order valence-electron chi connectivity index (χ0n) is 11.8. The van der Waals surface area contributed by atoms with Gasteiger partial charge in [0.2, 0.25) is 0 Å². The summed E-state index contributed by atoms with van der Waals surface area (Å²) in [7, 11) is 0. The van der Waals surface area contributed by atoms with Crippen molar-refractivity contribution >= 4 is 17.3 Å². The number of carbonyl (C=O) groups is 1. The predicted octanol–water partition coefficient (Wildman–Crippen LogP) is 4.09. The Morgan fingerprint density at radius 3 is 2.60 bits per heavy atom. The standard InChI is InChI=1S/C16H19NO2S/c1-3-12-7-9-13(10-8-12)16-17-11(2)14(20-16)5-4-6-15(18)19/h7-10H,3-6H2,1-2H3,(H,18,19). The summed E-state index contributed by atoms with van der Waals surface area (Å²) in [4.78, 5) is 16.3. The topological polar surface area (TPSA) is 50.2 Å². The number of carboxylic acids is 1. The minimum Gasteiger partial charge on any atom is -0.481 e. The molecule has 1 heterocycles. The van der Waals surface area contributed by atoms with Crippen LogP contribution in [-0.2, 0) is 17.6 Å². The van der Waals surface area contributed by atoms with Gasteiger partial charge in [-0.15, -0.1) is 11.3 Å². The molecule has 0 fully saturated rings. The highest BCUT2D eigenvalue weighted by molar-refractivity contribution is 7.15. The molecule has 0 spiro atoms. The molecule has 0 bridgehead atoms. The van der Waals surface area contributed by atoms with Crippen molar-refractivity contribution in [3.8, 4) is 10.6 Å². The van der Waals surface area contributed by atoms with Crippen molar-refractivity contribution in [2.24, 2.45) is 0 Å². The van der Waals surface area contributed by atoms with Gasteiger partial charge >= 0.3 is 5.97 Å². The van der Waals surface area contributed by atoms with E-state index < -0.39 is 5.97 Å². The number of benzene rings is 1. The predicted molar refractivity (Wildman–Crippen MR) is 82.2 cm³/mol. The maximum Gasteiger partial charge on any atom is 0.303 e. The second kappa shape index (κ2) is 6.66. The second-order valence-electron chi connectivity index (χ2n) is 4.83. The minimum atomic E-state index is -0.734. The van der Waals surface area contributed by atoms with Crippen molar-refractivity contribution < 1.29 is 9.90 Å². The van der Waals surface area contributed by atoms with Crippen LogP contribution in [-0.4, -0.2) is 16.1 Å². The summed E-state index contributed by atoms with van der Waals surface area (Å²) in [6.45, 7) is 4.14. The zero-order chi connectivity index (χ0) is 14.5. The van der Waals surface area contributed by atoms with Crippen LogP contribution in [0, 0.1) is 6.92 Å². The van der Waals surface area contributed by atoms with Crippen LogP contribution < -0.4 is 0 Å². The summed E-state index contributed by atoms with van der Waals surface area (Å²) in [5, 5.41) is 9.70. The molecule has 1 aromatic carbocycles. The van der Waals surface area contributed by atoms with Crippen molar-refractivity contribution in [3.05, 3.63) is 40.4 Å². The SMILES string of the molecule is CCc1ccc(-c2nc(C)c(CCCC(=O)O)s2)cc1. The maximum absolute atomic E-state index is 10.5. The van der Waals surface area contributed by atoms with Gasteiger partial charge in [-0.25, -0.2) is 4.98 Å². The number of hydrogen-bond donors (Lipinski definition) is 1. The molecular weight excluding hydrogens is 270 g/mol. The van der Waals surface area contributed by atoms with Crippen LogP contribution >= 0.6 is 11.3 Å². The van der Waals surface area contributed by atoms with Crippen LogP contribution in [0.2, 0.25) is 0 Å². The zero-order valence-corrected chi connectivity index (χ0v) is 12.7. The Labute approximate surface area is 123 Å². The van der Waals surface area contributed by atoms with E-state index >= 15 is 0 Å². The molecule has 20 heavy (non-hydrogen) atoms. The number of aryl methyl sites for hydroxylation is 3. The van der Waals surface area contributed by atoms with E-state index in [0.717, 1.165) is 29.1 Å². The van der Waals surface area contributed by atoms with Crippen molar-refractivity contribution in [2.75, 3.05) is 0 Å². The third-order valence-corrected chi connectivity index (χ3v) is 4.56. The Morgan fingerprint density at radius 1 is 1.30 bits per heavy atom. The molecule has 0 saturated carbocycles. The van der Waals surface area contributed by atoms with Gasteiger partial charge in [-0.1, -0.05) is 31.2 Å². The van der Waals surface area contributed by atoms with Crippen LogP contribution in [0.3, 0.4) is 0 Å². The lowest BCUT2D eigenvalue weighted by Crippen LogP contribution is -1.95. The molecule has 0 saturated heterocycles. The number of carboxylic acid groups (broad SMARTS) is 1. The lowest BCUT2D eigenvalue weighted by Gasteiger charge is -1.98. The third kappa shape index (κ3) is 3.67. The monoisotopic (exact) mass is 289 g/mol. The molecule has 1 N–H and O–H groups in total. The van der Waals surface area contributed by atoms with E-state index in [1.807, 2.05) is 6.92 Å². The van der Waals surface area contributed by atoms with E-state index in [1.165, 1.54) is 10.4 Å². The molecule has 3 nitrogen and oxygen atoms in total. The first-order valence-corrected chi connectivity index (χ1v) is 7.69. The Morgan fingerprint density at radius 2 is 2.00 bits per heavy atom. The first-order chi connectivity index (χ1) is 9.60. The van der Waals surface area contributed by atoms with Gasteiger partial charge in [0.25, 0.3) is 0 Å².